The Morgan fingerprint density at radius 3 is 2.68 bits per heavy atom. The molecule has 132 valence electrons. The number of benzene rings is 1. The topological polar surface area (TPSA) is 48.5 Å². The third-order valence-corrected chi connectivity index (χ3v) is 4.90. The van der Waals surface area contributed by atoms with Crippen molar-refractivity contribution in [2.75, 3.05) is 20.1 Å². The van der Waals surface area contributed by atoms with E-state index in [1.165, 1.54) is 11.1 Å². The highest BCUT2D eigenvalue weighted by Crippen LogP contribution is 2.21. The maximum Gasteiger partial charge on any atom is 0.317 e. The maximum absolute atomic E-state index is 12.6. The van der Waals surface area contributed by atoms with Gasteiger partial charge in [-0.05, 0) is 49.2 Å². The Labute approximate surface area is 149 Å². The summed E-state index contributed by atoms with van der Waals surface area (Å²) in [5.41, 5.74) is 3.88. The van der Waals surface area contributed by atoms with Crippen LogP contribution in [0, 0.1) is 0 Å². The van der Waals surface area contributed by atoms with Crippen LogP contribution in [0.3, 0.4) is 0 Å². The fourth-order valence-electron chi connectivity index (χ4n) is 3.30. The van der Waals surface area contributed by atoms with Crippen molar-refractivity contribution in [2.24, 2.45) is 0 Å². The summed E-state index contributed by atoms with van der Waals surface area (Å²) in [6.07, 6.45) is 4.49. The van der Waals surface area contributed by atoms with Gasteiger partial charge in [-0.2, -0.15) is 0 Å². The van der Waals surface area contributed by atoms with Gasteiger partial charge in [0, 0.05) is 44.6 Å². The summed E-state index contributed by atoms with van der Waals surface area (Å²) < 4.78 is 0. The van der Waals surface area contributed by atoms with Crippen LogP contribution in [0.1, 0.15) is 23.6 Å². The molecule has 1 aromatic carbocycles. The normalized spacial score (nSPS) is 17.0. The zero-order valence-electron chi connectivity index (χ0n) is 15.0. The third-order valence-electron chi connectivity index (χ3n) is 4.90. The van der Waals surface area contributed by atoms with Gasteiger partial charge >= 0.3 is 6.03 Å². The van der Waals surface area contributed by atoms with Crippen molar-refractivity contribution in [2.45, 2.75) is 32.5 Å². The minimum absolute atomic E-state index is 0.00780. The SMILES string of the molecule is CCN(Cc1ccncc1)C(=O)NC[C@H]1Cc2ccccc2CN1C. The second kappa shape index (κ2) is 8.12. The summed E-state index contributed by atoms with van der Waals surface area (Å²) in [5, 5.41) is 3.11. The number of hydrogen-bond acceptors (Lipinski definition) is 3. The molecule has 5 nitrogen and oxygen atoms in total. The monoisotopic (exact) mass is 338 g/mol. The lowest BCUT2D eigenvalue weighted by Gasteiger charge is -2.34. The molecular weight excluding hydrogens is 312 g/mol. The molecule has 1 aliphatic rings. The lowest BCUT2D eigenvalue weighted by molar-refractivity contribution is 0.181. The molecule has 2 amide bonds. The predicted molar refractivity (Wildman–Crippen MR) is 99.1 cm³/mol. The molecule has 1 aliphatic heterocycles. The van der Waals surface area contributed by atoms with Gasteiger partial charge < -0.3 is 10.2 Å². The smallest absolute Gasteiger partial charge is 0.317 e. The van der Waals surface area contributed by atoms with Gasteiger partial charge in [-0.25, -0.2) is 4.79 Å². The van der Waals surface area contributed by atoms with Gasteiger partial charge in [0.05, 0.1) is 0 Å². The van der Waals surface area contributed by atoms with E-state index in [4.69, 9.17) is 0 Å². The Morgan fingerprint density at radius 2 is 1.96 bits per heavy atom. The van der Waals surface area contributed by atoms with Gasteiger partial charge in [-0.15, -0.1) is 0 Å². The van der Waals surface area contributed by atoms with Crippen LogP contribution < -0.4 is 5.32 Å². The Bertz CT molecular complexity index is 704. The van der Waals surface area contributed by atoms with Crippen LogP contribution in [-0.2, 0) is 19.5 Å². The number of fused-ring (bicyclic) bond motifs is 1. The van der Waals surface area contributed by atoms with Gasteiger partial charge in [0.2, 0.25) is 0 Å². The lowest BCUT2D eigenvalue weighted by atomic mass is 9.94. The number of pyridine rings is 1. The summed E-state index contributed by atoms with van der Waals surface area (Å²) in [6.45, 7) is 4.89. The number of urea groups is 1. The first-order chi connectivity index (χ1) is 12.2. The molecule has 3 rings (SSSR count). The molecule has 0 fully saturated rings. The molecule has 2 aromatic rings. The Balaban J connectivity index is 1.56. The van der Waals surface area contributed by atoms with Crippen LogP contribution in [-0.4, -0.2) is 47.0 Å². The molecule has 0 spiro atoms. The van der Waals surface area contributed by atoms with Crippen LogP contribution in [0.15, 0.2) is 48.8 Å². The lowest BCUT2D eigenvalue weighted by Crippen LogP contribution is -2.48. The molecule has 1 atom stereocenters. The van der Waals surface area contributed by atoms with Crippen molar-refractivity contribution >= 4 is 6.03 Å². The van der Waals surface area contributed by atoms with E-state index in [0.717, 1.165) is 18.5 Å². The van der Waals surface area contributed by atoms with E-state index >= 15 is 0 Å². The first-order valence-corrected chi connectivity index (χ1v) is 8.86. The van der Waals surface area contributed by atoms with Crippen LogP contribution in [0.25, 0.3) is 0 Å². The maximum atomic E-state index is 12.6. The van der Waals surface area contributed by atoms with Crippen LogP contribution in [0.5, 0.6) is 0 Å². The molecule has 1 N–H and O–H groups in total. The molecular formula is C20H26N4O. The Kier molecular flexibility index (Phi) is 5.66. The molecule has 25 heavy (non-hydrogen) atoms. The van der Waals surface area contributed by atoms with E-state index in [1.54, 1.807) is 12.4 Å². The second-order valence-corrected chi connectivity index (χ2v) is 6.60. The van der Waals surface area contributed by atoms with Crippen molar-refractivity contribution in [1.82, 2.24) is 20.1 Å². The molecule has 0 aliphatic carbocycles. The summed E-state index contributed by atoms with van der Waals surface area (Å²) in [4.78, 5) is 20.7. The molecule has 0 unspecified atom stereocenters. The number of hydrogen-bond donors (Lipinski definition) is 1. The summed E-state index contributed by atoms with van der Waals surface area (Å²) >= 11 is 0. The fourth-order valence-corrected chi connectivity index (χ4v) is 3.30. The van der Waals surface area contributed by atoms with Crippen LogP contribution in [0.2, 0.25) is 0 Å². The van der Waals surface area contributed by atoms with Gasteiger partial charge in [0.15, 0.2) is 0 Å². The number of amides is 2. The van der Waals surface area contributed by atoms with E-state index in [0.29, 0.717) is 25.7 Å². The third kappa shape index (κ3) is 4.37. The van der Waals surface area contributed by atoms with Crippen molar-refractivity contribution in [3.63, 3.8) is 0 Å². The standard InChI is InChI=1S/C20H26N4O/c1-3-24(14-16-8-10-21-11-9-16)20(25)22-13-19-12-17-6-4-5-7-18(17)15-23(19)2/h4-11,19H,3,12-15H2,1-2H3,(H,22,25)/t19-/m1/s1. The van der Waals surface area contributed by atoms with Gasteiger partial charge in [0.1, 0.15) is 0 Å². The summed E-state index contributed by atoms with van der Waals surface area (Å²) in [6, 6.07) is 12.8. The number of nitrogens with one attached hydrogen (secondary N) is 1. The average Bonchev–Trinajstić information content (AvgIpc) is 2.65. The minimum atomic E-state index is -0.00780. The van der Waals surface area contributed by atoms with E-state index in [2.05, 4.69) is 46.5 Å². The van der Waals surface area contributed by atoms with Crippen molar-refractivity contribution in [3.8, 4) is 0 Å². The summed E-state index contributed by atoms with van der Waals surface area (Å²) in [5.74, 6) is 0. The molecule has 0 bridgehead atoms. The first kappa shape index (κ1) is 17.4. The van der Waals surface area contributed by atoms with Gasteiger partial charge in [-0.3, -0.25) is 9.88 Å². The highest BCUT2D eigenvalue weighted by atomic mass is 16.2. The number of aromatic nitrogens is 1. The molecule has 0 saturated heterocycles. The fraction of sp³-hybridized carbons (Fsp3) is 0.400. The Hall–Kier alpha value is -2.40. The van der Waals surface area contributed by atoms with E-state index in [1.807, 2.05) is 24.0 Å². The van der Waals surface area contributed by atoms with Crippen molar-refractivity contribution in [3.05, 3.63) is 65.5 Å². The molecule has 2 heterocycles. The number of carbonyl (C=O) groups is 1. The molecule has 0 saturated carbocycles. The van der Waals surface area contributed by atoms with Crippen LogP contribution >= 0.6 is 0 Å². The average molecular weight is 338 g/mol. The second-order valence-electron chi connectivity index (χ2n) is 6.60. The number of rotatable bonds is 5. The number of carbonyl (C=O) groups excluding carboxylic acids is 1. The molecule has 5 heteroatoms. The quantitative estimate of drug-likeness (QED) is 0.912. The van der Waals surface area contributed by atoms with E-state index in [9.17, 15) is 4.79 Å². The van der Waals surface area contributed by atoms with Crippen molar-refractivity contribution in [1.29, 1.82) is 0 Å². The minimum Gasteiger partial charge on any atom is -0.336 e. The molecule has 1 aromatic heterocycles. The Morgan fingerprint density at radius 1 is 1.24 bits per heavy atom. The van der Waals surface area contributed by atoms with Crippen LogP contribution in [0.4, 0.5) is 4.79 Å². The largest absolute Gasteiger partial charge is 0.336 e. The highest BCUT2D eigenvalue weighted by molar-refractivity contribution is 5.74. The summed E-state index contributed by atoms with van der Waals surface area (Å²) in [7, 11) is 2.13. The van der Waals surface area contributed by atoms with Gasteiger partial charge in [-0.1, -0.05) is 24.3 Å². The number of nitrogens with zero attached hydrogens (tertiary/aromatic N) is 3. The molecule has 0 radical (unpaired) electrons. The highest BCUT2D eigenvalue weighted by Gasteiger charge is 2.24. The first-order valence-electron chi connectivity index (χ1n) is 8.86. The zero-order chi connectivity index (χ0) is 17.6. The van der Waals surface area contributed by atoms with Gasteiger partial charge in [0.25, 0.3) is 0 Å². The van der Waals surface area contributed by atoms with Crippen molar-refractivity contribution < 1.29 is 4.79 Å². The zero-order valence-corrected chi connectivity index (χ0v) is 15.0. The van der Waals surface area contributed by atoms with E-state index in [-0.39, 0.29) is 6.03 Å². The van der Waals surface area contributed by atoms with E-state index < -0.39 is 0 Å². The predicted octanol–water partition coefficient (Wildman–Crippen LogP) is 2.67. The number of likely N-dealkylation sites (N-methyl/N-ethyl adjacent to an activating group) is 1.